The summed E-state index contributed by atoms with van der Waals surface area (Å²) in [5.41, 5.74) is 2.95. The summed E-state index contributed by atoms with van der Waals surface area (Å²) in [6.45, 7) is 12.7. The molecule has 0 unspecified atom stereocenters. The number of ketones is 1. The minimum Gasteiger partial charge on any atom is -0.493 e. The number of carbonyl (C=O) groups is 6. The molecule has 3 amide bonds. The fourth-order valence-electron chi connectivity index (χ4n) is 6.01. The number of fused-ring (bicyclic) bond motifs is 2. The maximum absolute atomic E-state index is 13.8. The molecule has 2 aromatic rings. The van der Waals surface area contributed by atoms with Gasteiger partial charge in [0.2, 0.25) is 5.91 Å². The topological polar surface area (TPSA) is 178 Å². The van der Waals surface area contributed by atoms with Crippen LogP contribution in [0.25, 0.3) is 0 Å². The highest BCUT2D eigenvalue weighted by atomic mass is 16.6. The molecule has 2 aliphatic heterocycles. The minimum atomic E-state index is -1.45. The maximum Gasteiger partial charge on any atom is 0.416 e. The molecule has 0 aliphatic carbocycles. The monoisotopic (exact) mass is 733 g/mol. The summed E-state index contributed by atoms with van der Waals surface area (Å²) >= 11 is 0. The lowest BCUT2D eigenvalue weighted by atomic mass is 10.0. The van der Waals surface area contributed by atoms with E-state index in [-0.39, 0.29) is 74.5 Å². The zero-order chi connectivity index (χ0) is 38.8. The fourth-order valence-corrected chi connectivity index (χ4v) is 6.01. The number of nitrogens with one attached hydrogen (secondary N) is 1. The molecule has 0 radical (unpaired) electrons. The van der Waals surface area contributed by atoms with Crippen molar-refractivity contribution in [1.29, 1.82) is 0 Å². The molecule has 2 heterocycles. The molecule has 4 rings (SSSR count). The van der Waals surface area contributed by atoms with Gasteiger partial charge in [0.05, 0.1) is 43.5 Å². The molecule has 4 atom stereocenters. The van der Waals surface area contributed by atoms with E-state index in [2.05, 4.69) is 23.2 Å². The van der Waals surface area contributed by atoms with Gasteiger partial charge in [0.1, 0.15) is 19.0 Å². The Morgan fingerprint density at radius 2 is 1.75 bits per heavy atom. The van der Waals surface area contributed by atoms with Crippen molar-refractivity contribution in [3.8, 4) is 5.75 Å². The Balaban J connectivity index is 1.42. The summed E-state index contributed by atoms with van der Waals surface area (Å²) in [7, 11) is 1.31. The third kappa shape index (κ3) is 10.3. The molecule has 1 saturated heterocycles. The van der Waals surface area contributed by atoms with Gasteiger partial charge in [-0.15, -0.1) is 0 Å². The van der Waals surface area contributed by atoms with Crippen molar-refractivity contribution in [2.24, 2.45) is 5.92 Å². The average Bonchev–Trinajstić information content (AvgIpc) is 3.51. The number of amides is 3. The van der Waals surface area contributed by atoms with Crippen LogP contribution in [0.4, 0.5) is 10.5 Å². The lowest BCUT2D eigenvalue weighted by molar-refractivity contribution is -0.145. The highest BCUT2D eigenvalue weighted by Crippen LogP contribution is 2.39. The third-order valence-electron chi connectivity index (χ3n) is 9.04. The zero-order valence-corrected chi connectivity index (χ0v) is 30.6. The fraction of sp³-hybridized carbons (Fsp3) is 0.436. The molecule has 284 valence electrons. The Morgan fingerprint density at radius 3 is 2.43 bits per heavy atom. The van der Waals surface area contributed by atoms with Gasteiger partial charge < -0.3 is 34.3 Å². The van der Waals surface area contributed by atoms with Crippen molar-refractivity contribution in [3.05, 3.63) is 83.5 Å². The van der Waals surface area contributed by atoms with E-state index in [9.17, 15) is 33.9 Å². The van der Waals surface area contributed by atoms with Crippen molar-refractivity contribution < 1.29 is 52.8 Å². The van der Waals surface area contributed by atoms with Gasteiger partial charge in [-0.25, -0.2) is 9.69 Å². The van der Waals surface area contributed by atoms with E-state index in [1.807, 2.05) is 0 Å². The first-order chi connectivity index (χ1) is 25.2. The number of aliphatic hydroxyl groups is 1. The molecule has 2 N–H and O–H groups in total. The first kappa shape index (κ1) is 40.3. The van der Waals surface area contributed by atoms with E-state index in [1.165, 1.54) is 24.2 Å². The first-order valence-electron chi connectivity index (χ1n) is 17.4. The molecule has 14 nitrogen and oxygen atoms in total. The molecule has 14 heteroatoms. The summed E-state index contributed by atoms with van der Waals surface area (Å²) in [6, 6.07) is 8.39. The maximum atomic E-state index is 13.8. The number of carbonyl (C=O) groups excluding carboxylic acids is 6. The van der Waals surface area contributed by atoms with Crippen LogP contribution < -0.4 is 15.0 Å². The van der Waals surface area contributed by atoms with Crippen LogP contribution in [-0.4, -0.2) is 90.8 Å². The smallest absolute Gasteiger partial charge is 0.416 e. The predicted molar refractivity (Wildman–Crippen MR) is 193 cm³/mol. The molecule has 0 bridgehead atoms. The number of Topliss-reactive ketones (excluding diaryl/α,β-unsaturated/α-hetero) is 1. The molecule has 53 heavy (non-hydrogen) atoms. The summed E-state index contributed by atoms with van der Waals surface area (Å²) in [5, 5.41) is 14.2. The van der Waals surface area contributed by atoms with Gasteiger partial charge in [-0.3, -0.25) is 24.0 Å². The summed E-state index contributed by atoms with van der Waals surface area (Å²) in [5.74, 6) is -2.27. The third-order valence-corrected chi connectivity index (χ3v) is 9.04. The van der Waals surface area contributed by atoms with Crippen molar-refractivity contribution in [3.63, 3.8) is 0 Å². The minimum absolute atomic E-state index is 0.0255. The number of hydrogen-bond acceptors (Lipinski definition) is 11. The van der Waals surface area contributed by atoms with Crippen molar-refractivity contribution in [2.45, 2.75) is 77.8 Å². The number of aliphatic hydroxyl groups excluding tert-OH is 1. The zero-order valence-electron chi connectivity index (χ0n) is 30.6. The van der Waals surface area contributed by atoms with Gasteiger partial charge in [0, 0.05) is 31.4 Å². The Kier molecular flexibility index (Phi) is 13.9. The van der Waals surface area contributed by atoms with Crippen LogP contribution in [0.2, 0.25) is 0 Å². The Morgan fingerprint density at radius 1 is 1.06 bits per heavy atom. The average molecular weight is 734 g/mol. The highest BCUT2D eigenvalue weighted by molar-refractivity contribution is 6.06. The van der Waals surface area contributed by atoms with E-state index >= 15 is 0 Å². The molecule has 2 aliphatic rings. The Hall–Kier alpha value is -5.50. The quantitative estimate of drug-likeness (QED) is 0.111. The van der Waals surface area contributed by atoms with Crippen molar-refractivity contribution in [2.75, 3.05) is 31.8 Å². The number of methoxy groups -OCH3 is 1. The van der Waals surface area contributed by atoms with Crippen molar-refractivity contribution >= 4 is 41.3 Å². The van der Waals surface area contributed by atoms with Crippen LogP contribution in [0.1, 0.15) is 66.6 Å². The number of anilines is 1. The van der Waals surface area contributed by atoms with Gasteiger partial charge in [0.15, 0.2) is 12.0 Å². The SMILES string of the molecule is C=CCOC(=O)C[C@@H](C)C(=O)N[C@@H](C)C(=O)Cc1ccc(COC(=O)N2c3cc(OCCCC(=O)OC)c(C)cc3C(=O)N3CC(=C)C[C@H]3[C@@H]2O)cc1. The summed E-state index contributed by atoms with van der Waals surface area (Å²) in [4.78, 5) is 78.8. The van der Waals surface area contributed by atoms with E-state index in [0.29, 0.717) is 35.3 Å². The second-order valence-electron chi connectivity index (χ2n) is 13.2. The largest absolute Gasteiger partial charge is 0.493 e. The van der Waals surface area contributed by atoms with Gasteiger partial charge in [-0.1, -0.05) is 56.0 Å². The van der Waals surface area contributed by atoms with Crippen LogP contribution in [-0.2, 0) is 46.4 Å². The van der Waals surface area contributed by atoms with Gasteiger partial charge >= 0.3 is 18.0 Å². The number of rotatable bonds is 16. The second-order valence-corrected chi connectivity index (χ2v) is 13.2. The standard InChI is InChI=1S/C39H47N3O11/c1-7-14-52-35(45)18-25(4)36(46)40-26(5)32(43)19-27-10-12-28(13-11-27)22-53-39(49)42-30-20-33(51-15-8-9-34(44)50-6)24(3)17-29(30)37(47)41-21-23(2)16-31(41)38(42)48/h7,10-13,17,20,25-26,31,38,48H,1-2,8-9,14-16,18-19,21-22H2,3-6H3,(H,40,46)/t25-,26+,31+,38+/m1/s1. The Bertz CT molecular complexity index is 1740. The van der Waals surface area contributed by atoms with E-state index in [4.69, 9.17) is 14.2 Å². The summed E-state index contributed by atoms with van der Waals surface area (Å²) < 4.78 is 21.2. The van der Waals surface area contributed by atoms with Gasteiger partial charge in [-0.05, 0) is 49.4 Å². The van der Waals surface area contributed by atoms with Crippen LogP contribution >= 0.6 is 0 Å². The van der Waals surface area contributed by atoms with Gasteiger partial charge in [-0.2, -0.15) is 0 Å². The normalized spacial score (nSPS) is 17.5. The lowest BCUT2D eigenvalue weighted by Gasteiger charge is -2.31. The summed E-state index contributed by atoms with van der Waals surface area (Å²) in [6.07, 6.45) is -0.178. The number of aryl methyl sites for hydroxylation is 1. The molecular formula is C39H47N3O11. The number of ether oxygens (including phenoxy) is 4. The van der Waals surface area contributed by atoms with E-state index in [0.717, 1.165) is 10.5 Å². The Labute approximate surface area is 308 Å². The molecule has 1 fully saturated rings. The van der Waals surface area contributed by atoms with Crippen LogP contribution in [0.5, 0.6) is 5.75 Å². The molecular weight excluding hydrogens is 686 g/mol. The molecule has 0 aromatic heterocycles. The van der Waals surface area contributed by atoms with E-state index < -0.39 is 42.2 Å². The first-order valence-corrected chi connectivity index (χ1v) is 17.4. The lowest BCUT2D eigenvalue weighted by Crippen LogP contribution is -2.50. The van der Waals surface area contributed by atoms with Crippen LogP contribution in [0, 0.1) is 12.8 Å². The number of hydrogen-bond donors (Lipinski definition) is 2. The number of esters is 2. The highest BCUT2D eigenvalue weighted by Gasteiger charge is 2.46. The predicted octanol–water partition coefficient (Wildman–Crippen LogP) is 3.94. The van der Waals surface area contributed by atoms with E-state index in [1.54, 1.807) is 51.1 Å². The number of benzene rings is 2. The molecule has 2 aromatic carbocycles. The van der Waals surface area contributed by atoms with Crippen molar-refractivity contribution in [1.82, 2.24) is 10.2 Å². The van der Waals surface area contributed by atoms with Crippen LogP contribution in [0.3, 0.4) is 0 Å². The number of nitrogens with zero attached hydrogens (tertiary/aromatic N) is 2. The second kappa shape index (κ2) is 18.3. The van der Waals surface area contributed by atoms with Gasteiger partial charge in [0.25, 0.3) is 5.91 Å². The van der Waals surface area contributed by atoms with Crippen LogP contribution in [0.15, 0.2) is 61.2 Å². The molecule has 0 spiro atoms. The molecule has 0 saturated carbocycles.